The maximum atomic E-state index is 14.2. The summed E-state index contributed by atoms with van der Waals surface area (Å²) in [5.74, 6) is 0.531. The van der Waals surface area contributed by atoms with Crippen molar-refractivity contribution in [1.29, 1.82) is 0 Å². The molecular weight excluding hydrogens is 281 g/mol. The molecule has 2 aromatic rings. The van der Waals surface area contributed by atoms with Gasteiger partial charge in [0.05, 0.1) is 0 Å². The zero-order chi connectivity index (χ0) is 14.2. The van der Waals surface area contributed by atoms with Gasteiger partial charge in [0.15, 0.2) is 0 Å². The van der Waals surface area contributed by atoms with Gasteiger partial charge >= 0.3 is 0 Å². The summed E-state index contributed by atoms with van der Waals surface area (Å²) in [5.41, 5.74) is 3.25. The number of nitrogens with zero attached hydrogens (tertiary/aromatic N) is 1. The van der Waals surface area contributed by atoms with Crippen molar-refractivity contribution in [2.45, 2.75) is 25.8 Å². The van der Waals surface area contributed by atoms with E-state index in [1.54, 1.807) is 12.1 Å². The van der Waals surface area contributed by atoms with Crippen molar-refractivity contribution < 1.29 is 4.39 Å². The van der Waals surface area contributed by atoms with Crippen LogP contribution in [0.2, 0.25) is 0 Å². The number of rotatable bonds is 3. The summed E-state index contributed by atoms with van der Waals surface area (Å²) < 4.78 is 14.2. The molecule has 0 amide bonds. The lowest BCUT2D eigenvalue weighted by Crippen LogP contribution is -2.28. The summed E-state index contributed by atoms with van der Waals surface area (Å²) in [6.45, 7) is 1.89. The van der Waals surface area contributed by atoms with E-state index >= 15 is 0 Å². The first-order valence-electron chi connectivity index (χ1n) is 7.58. The van der Waals surface area contributed by atoms with Crippen molar-refractivity contribution in [2.24, 2.45) is 5.92 Å². The van der Waals surface area contributed by atoms with Crippen LogP contribution in [0.1, 0.15) is 28.8 Å². The van der Waals surface area contributed by atoms with Crippen LogP contribution in [0.15, 0.2) is 41.8 Å². The average Bonchev–Trinajstić information content (AvgIpc) is 3.20. The third-order valence-electron chi connectivity index (χ3n) is 4.31. The molecule has 0 saturated heterocycles. The first-order valence-corrected chi connectivity index (χ1v) is 8.46. The average molecular weight is 299 g/mol. The Bertz CT molecular complexity index is 684. The van der Waals surface area contributed by atoms with Crippen molar-refractivity contribution in [3.63, 3.8) is 0 Å². The van der Waals surface area contributed by atoms with Crippen LogP contribution < -0.4 is 0 Å². The van der Waals surface area contributed by atoms with Crippen molar-refractivity contribution in [2.75, 3.05) is 6.54 Å². The fraction of sp³-hybridized carbons (Fsp3) is 0.333. The van der Waals surface area contributed by atoms with Gasteiger partial charge in [-0.25, -0.2) is 4.39 Å². The van der Waals surface area contributed by atoms with Gasteiger partial charge in [0, 0.05) is 29.2 Å². The minimum absolute atomic E-state index is 0.111. The predicted octanol–water partition coefficient (Wildman–Crippen LogP) is 4.70. The number of thiophene rings is 1. The smallest absolute Gasteiger partial charge is 0.132 e. The molecule has 1 aromatic heterocycles. The summed E-state index contributed by atoms with van der Waals surface area (Å²) in [6.07, 6.45) is 5.85. The topological polar surface area (TPSA) is 3.24 Å². The van der Waals surface area contributed by atoms with E-state index in [1.165, 1.54) is 23.3 Å². The molecule has 4 rings (SSSR count). The van der Waals surface area contributed by atoms with E-state index in [-0.39, 0.29) is 5.82 Å². The standard InChI is InChI=1S/C18H18FNS/c19-16-4-2-1-3-15(16)17(11-13-5-6-13)20-9-7-18-14(12-20)8-10-21-18/h1-4,8,10-11,13H,5-7,9,12H2. The quantitative estimate of drug-likeness (QED) is 0.794. The normalized spacial score (nSPS) is 18.7. The number of fused-ring (bicyclic) bond motifs is 1. The molecule has 2 heterocycles. The molecular formula is C18H18FNS. The van der Waals surface area contributed by atoms with Gasteiger partial charge in [-0.3, -0.25) is 0 Å². The lowest BCUT2D eigenvalue weighted by atomic mass is 10.0. The molecule has 0 bridgehead atoms. The molecule has 0 unspecified atom stereocenters. The SMILES string of the molecule is Fc1ccccc1C(=CC1CC1)N1CCc2sccc2C1. The molecule has 1 aliphatic carbocycles. The van der Waals surface area contributed by atoms with Gasteiger partial charge in [0.2, 0.25) is 0 Å². The lowest BCUT2D eigenvalue weighted by molar-refractivity contribution is 0.373. The van der Waals surface area contributed by atoms with Crippen molar-refractivity contribution in [1.82, 2.24) is 4.90 Å². The maximum Gasteiger partial charge on any atom is 0.132 e. The maximum absolute atomic E-state index is 14.2. The third kappa shape index (κ3) is 2.62. The minimum atomic E-state index is -0.111. The van der Waals surface area contributed by atoms with Gasteiger partial charge in [0.25, 0.3) is 0 Å². The Morgan fingerprint density at radius 3 is 2.90 bits per heavy atom. The highest BCUT2D eigenvalue weighted by atomic mass is 32.1. The summed E-state index contributed by atoms with van der Waals surface area (Å²) in [7, 11) is 0. The molecule has 1 aliphatic heterocycles. The molecule has 0 spiro atoms. The van der Waals surface area contributed by atoms with Crippen molar-refractivity contribution in [3.8, 4) is 0 Å². The van der Waals surface area contributed by atoms with Crippen LogP contribution in [-0.4, -0.2) is 11.4 Å². The van der Waals surface area contributed by atoms with Crippen LogP contribution in [0.25, 0.3) is 5.70 Å². The third-order valence-corrected chi connectivity index (χ3v) is 5.34. The minimum Gasteiger partial charge on any atom is -0.366 e. The zero-order valence-electron chi connectivity index (χ0n) is 11.9. The zero-order valence-corrected chi connectivity index (χ0v) is 12.7. The van der Waals surface area contributed by atoms with Crippen LogP contribution in [0.4, 0.5) is 4.39 Å². The van der Waals surface area contributed by atoms with Crippen LogP contribution >= 0.6 is 11.3 Å². The molecule has 1 saturated carbocycles. The Hall–Kier alpha value is -1.61. The van der Waals surface area contributed by atoms with Gasteiger partial charge in [-0.2, -0.15) is 0 Å². The van der Waals surface area contributed by atoms with Gasteiger partial charge in [0.1, 0.15) is 5.82 Å². The van der Waals surface area contributed by atoms with Crippen LogP contribution in [0, 0.1) is 11.7 Å². The molecule has 0 N–H and O–H groups in total. The van der Waals surface area contributed by atoms with Gasteiger partial charge < -0.3 is 4.90 Å². The van der Waals surface area contributed by atoms with E-state index in [0.717, 1.165) is 30.8 Å². The monoisotopic (exact) mass is 299 g/mol. The first-order chi connectivity index (χ1) is 10.3. The molecule has 1 aromatic carbocycles. The van der Waals surface area contributed by atoms with E-state index in [9.17, 15) is 4.39 Å². The Balaban J connectivity index is 1.70. The number of benzene rings is 1. The second-order valence-corrected chi connectivity index (χ2v) is 6.91. The predicted molar refractivity (Wildman–Crippen MR) is 85.5 cm³/mol. The van der Waals surface area contributed by atoms with Crippen LogP contribution in [0.3, 0.4) is 0 Å². The van der Waals surface area contributed by atoms with Crippen molar-refractivity contribution >= 4 is 17.0 Å². The van der Waals surface area contributed by atoms with Crippen LogP contribution in [0.5, 0.6) is 0 Å². The van der Waals surface area contributed by atoms with Gasteiger partial charge in [-0.05, 0) is 54.3 Å². The number of halogens is 1. The summed E-state index contributed by atoms with van der Waals surface area (Å²) >= 11 is 1.84. The number of hydrogen-bond acceptors (Lipinski definition) is 2. The molecule has 3 heteroatoms. The molecule has 21 heavy (non-hydrogen) atoms. The fourth-order valence-electron chi connectivity index (χ4n) is 2.97. The van der Waals surface area contributed by atoms with Gasteiger partial charge in [-0.1, -0.05) is 18.2 Å². The fourth-order valence-corrected chi connectivity index (χ4v) is 3.86. The second-order valence-electron chi connectivity index (χ2n) is 5.91. The highest BCUT2D eigenvalue weighted by molar-refractivity contribution is 7.10. The van der Waals surface area contributed by atoms with E-state index in [0.29, 0.717) is 5.92 Å². The van der Waals surface area contributed by atoms with E-state index in [1.807, 2.05) is 23.5 Å². The number of allylic oxidation sites excluding steroid dienone is 1. The van der Waals surface area contributed by atoms with Crippen molar-refractivity contribution in [3.05, 3.63) is 63.6 Å². The molecule has 1 nitrogen and oxygen atoms in total. The van der Waals surface area contributed by atoms with E-state index in [4.69, 9.17) is 0 Å². The largest absolute Gasteiger partial charge is 0.366 e. The Morgan fingerprint density at radius 1 is 1.24 bits per heavy atom. The molecule has 0 atom stereocenters. The highest BCUT2D eigenvalue weighted by Crippen LogP contribution is 2.37. The van der Waals surface area contributed by atoms with E-state index < -0.39 is 0 Å². The van der Waals surface area contributed by atoms with Crippen LogP contribution in [-0.2, 0) is 13.0 Å². The summed E-state index contributed by atoms with van der Waals surface area (Å²) in [6, 6.07) is 9.38. The molecule has 1 fully saturated rings. The summed E-state index contributed by atoms with van der Waals surface area (Å²) in [5, 5.41) is 2.17. The Morgan fingerprint density at radius 2 is 2.10 bits per heavy atom. The Labute approximate surface area is 128 Å². The molecule has 2 aliphatic rings. The highest BCUT2D eigenvalue weighted by Gasteiger charge is 2.25. The second kappa shape index (κ2) is 5.30. The first kappa shape index (κ1) is 13.1. The molecule has 0 radical (unpaired) electrons. The van der Waals surface area contributed by atoms with Gasteiger partial charge in [-0.15, -0.1) is 11.3 Å². The Kier molecular flexibility index (Phi) is 3.30. The molecule has 108 valence electrons. The summed E-state index contributed by atoms with van der Waals surface area (Å²) in [4.78, 5) is 3.84. The lowest BCUT2D eigenvalue weighted by Gasteiger charge is -2.31. The van der Waals surface area contributed by atoms with E-state index in [2.05, 4.69) is 22.4 Å². The number of hydrogen-bond donors (Lipinski definition) is 0.